The van der Waals surface area contributed by atoms with Crippen LogP contribution in [0, 0.1) is 16.7 Å². The summed E-state index contributed by atoms with van der Waals surface area (Å²) in [4.78, 5) is 91.3. The van der Waals surface area contributed by atoms with Gasteiger partial charge in [0.15, 0.2) is 0 Å². The molecule has 1 heterocycles. The van der Waals surface area contributed by atoms with E-state index >= 15 is 4.48 Å². The van der Waals surface area contributed by atoms with Crippen LogP contribution in [0.1, 0.15) is 134 Å². The Bertz CT molecular complexity index is 1430. The average Bonchev–Trinajstić information content (AvgIpc) is 3.66. The fourth-order valence-electron chi connectivity index (χ4n) is 4.87. The van der Waals surface area contributed by atoms with Gasteiger partial charge in [-0.2, -0.15) is 5.12 Å². The Hall–Kier alpha value is -4.56. The summed E-state index contributed by atoms with van der Waals surface area (Å²) in [6, 6.07) is 2.60. The second-order valence-electron chi connectivity index (χ2n) is 17.4. The number of hydrogen-bond acceptors (Lipinski definition) is 7. The molecule has 7 amide bonds. The lowest BCUT2D eigenvalue weighted by Crippen LogP contribution is -2.59. The van der Waals surface area contributed by atoms with E-state index in [1.807, 2.05) is 0 Å². The molecule has 1 aliphatic rings. The van der Waals surface area contributed by atoms with E-state index in [0.29, 0.717) is 17.4 Å². The van der Waals surface area contributed by atoms with Crippen LogP contribution in [0.4, 0.5) is 9.28 Å². The van der Waals surface area contributed by atoms with Crippen LogP contribution in [0.3, 0.4) is 0 Å². The minimum atomic E-state index is -1.86. The molecule has 332 valence electrons. The highest BCUT2D eigenvalue weighted by Crippen LogP contribution is 2.27. The molecule has 1 fully saturated rings. The molecule has 1 aromatic rings. The third kappa shape index (κ3) is 21.3. The number of halogens is 1. The van der Waals surface area contributed by atoms with E-state index in [0.717, 1.165) is 12.8 Å². The molecule has 4 N–H and O–H groups in total. The summed E-state index contributed by atoms with van der Waals surface area (Å²) < 4.78 is 15.3. The van der Waals surface area contributed by atoms with Crippen molar-refractivity contribution in [1.82, 2.24) is 36.2 Å². The first kappa shape index (κ1) is 55.5. The monoisotopic (exact) mass is 822 g/mol. The van der Waals surface area contributed by atoms with Crippen LogP contribution in [0.2, 0.25) is 0 Å². The molecular weight excluding hydrogens is 746 g/mol. The number of ketones is 1. The van der Waals surface area contributed by atoms with Gasteiger partial charge in [0, 0.05) is 27.7 Å². The Kier molecular flexibility index (Phi) is 26.0. The maximum absolute atomic E-state index is 15.3. The quantitative estimate of drug-likeness (QED) is 0.140. The van der Waals surface area contributed by atoms with Gasteiger partial charge in [0.05, 0.1) is 6.54 Å². The van der Waals surface area contributed by atoms with E-state index in [2.05, 4.69) is 83.6 Å². The Morgan fingerprint density at radius 1 is 0.862 bits per heavy atom. The van der Waals surface area contributed by atoms with Crippen LogP contribution in [0.15, 0.2) is 30.3 Å². The van der Waals surface area contributed by atoms with Crippen molar-refractivity contribution >= 4 is 41.4 Å². The molecule has 1 aliphatic heterocycles. The van der Waals surface area contributed by atoms with Crippen molar-refractivity contribution < 1.29 is 38.0 Å². The highest BCUT2D eigenvalue weighted by atomic mass is 19.2. The molecule has 0 saturated carbocycles. The lowest BCUT2D eigenvalue weighted by atomic mass is 9.85. The summed E-state index contributed by atoms with van der Waals surface area (Å²) in [5.41, 5.74) is 0.253. The maximum atomic E-state index is 15.3. The number of rotatable bonds is 13. The molecule has 0 bridgehead atoms. The molecule has 1 saturated heterocycles. The van der Waals surface area contributed by atoms with Crippen LogP contribution in [0.25, 0.3) is 0 Å². The van der Waals surface area contributed by atoms with Gasteiger partial charge in [-0.1, -0.05) is 137 Å². The molecule has 14 nitrogen and oxygen atoms in total. The van der Waals surface area contributed by atoms with Gasteiger partial charge in [0.2, 0.25) is 23.5 Å². The van der Waals surface area contributed by atoms with Gasteiger partial charge in [-0.25, -0.2) is 4.79 Å². The molecule has 4 unspecified atom stereocenters. The van der Waals surface area contributed by atoms with E-state index in [-0.39, 0.29) is 13.0 Å². The third-order valence-electron chi connectivity index (χ3n) is 8.52. The van der Waals surface area contributed by atoms with Crippen LogP contribution >= 0.6 is 0 Å². The summed E-state index contributed by atoms with van der Waals surface area (Å²) in [5, 5.41) is 9.14. The number of hydrogen-bond donors (Lipinski definition) is 4. The topological polar surface area (TPSA) is 177 Å². The van der Waals surface area contributed by atoms with Gasteiger partial charge in [0.1, 0.15) is 24.2 Å². The first-order valence-electron chi connectivity index (χ1n) is 20.4. The lowest BCUT2D eigenvalue weighted by Gasteiger charge is -2.35. The maximum Gasteiger partial charge on any atom is 0.315 e. The zero-order chi connectivity index (χ0) is 45.6. The highest BCUT2D eigenvalue weighted by Gasteiger charge is 2.45. The second-order valence-corrected chi connectivity index (χ2v) is 17.4. The molecule has 0 radical (unpaired) electrons. The minimum Gasteiger partial charge on any atom is -0.347 e. The Morgan fingerprint density at radius 3 is 1.78 bits per heavy atom. The summed E-state index contributed by atoms with van der Waals surface area (Å²) >= 11 is 0. The molecule has 2 rings (SSSR count). The van der Waals surface area contributed by atoms with Crippen LogP contribution in [-0.4, -0.2) is 109 Å². The van der Waals surface area contributed by atoms with Gasteiger partial charge in [-0.3, -0.25) is 28.8 Å². The smallest absolute Gasteiger partial charge is 0.315 e. The van der Waals surface area contributed by atoms with Crippen molar-refractivity contribution in [2.45, 2.75) is 146 Å². The number of benzene rings is 1. The number of Topliss-reactive ketones (excluding diaryl/α,β-unsaturated/α-hetero) is 1. The predicted molar refractivity (Wildman–Crippen MR) is 228 cm³/mol. The van der Waals surface area contributed by atoms with Gasteiger partial charge >= 0.3 is 6.03 Å². The number of carbonyl (C=O) groups excluding carboxylic acids is 7. The third-order valence-corrected chi connectivity index (χ3v) is 8.52. The summed E-state index contributed by atoms with van der Waals surface area (Å²) in [6.45, 7) is 25.3. The Labute approximate surface area is 348 Å². The largest absolute Gasteiger partial charge is 0.347 e. The van der Waals surface area contributed by atoms with Crippen LogP contribution in [-0.2, 0) is 28.8 Å². The summed E-state index contributed by atoms with van der Waals surface area (Å²) in [5.74, 6) is -4.70. The fraction of sp³-hybridized carbons (Fsp3) is 0.698. The molecule has 1 aromatic carbocycles. The summed E-state index contributed by atoms with van der Waals surface area (Å²) in [6.07, 6.45) is 4.40. The first-order valence-corrected chi connectivity index (χ1v) is 20.4. The highest BCUT2D eigenvalue weighted by molar-refractivity contribution is 6.38. The Morgan fingerprint density at radius 2 is 1.36 bits per heavy atom. The molecule has 0 aromatic heterocycles. The zero-order valence-electron chi connectivity index (χ0n) is 38.3. The number of carbonyl (C=O) groups is 7. The molecule has 4 atom stereocenters. The predicted octanol–water partition coefficient (Wildman–Crippen LogP) is 5.96. The fourth-order valence-corrected chi connectivity index (χ4v) is 4.87. The van der Waals surface area contributed by atoms with Gasteiger partial charge in [-0.05, 0) is 42.1 Å². The van der Waals surface area contributed by atoms with E-state index in [1.165, 1.54) is 50.2 Å². The van der Waals surface area contributed by atoms with Crippen molar-refractivity contribution in [3.05, 3.63) is 35.9 Å². The molecular formula is C43H76FN7O7. The van der Waals surface area contributed by atoms with Gasteiger partial charge < -0.3 is 31.1 Å². The average molecular weight is 822 g/mol. The molecule has 15 heteroatoms. The number of urea groups is 1. The normalized spacial score (nSPS) is 14.9. The van der Waals surface area contributed by atoms with Gasteiger partial charge in [-0.15, -0.1) is 0 Å². The van der Waals surface area contributed by atoms with Crippen molar-refractivity contribution in [3.63, 3.8) is 0 Å². The molecule has 0 aliphatic carbocycles. The lowest BCUT2D eigenvalue weighted by molar-refractivity contribution is -0.164. The van der Waals surface area contributed by atoms with Crippen molar-refractivity contribution in [1.29, 1.82) is 0 Å². The summed E-state index contributed by atoms with van der Waals surface area (Å²) in [7, 11) is 4.42. The van der Waals surface area contributed by atoms with Crippen LogP contribution < -0.4 is 21.3 Å². The number of nitrogens with zero attached hydrogens (tertiary/aromatic N) is 3. The van der Waals surface area contributed by atoms with Crippen molar-refractivity contribution in [2.24, 2.45) is 16.7 Å². The van der Waals surface area contributed by atoms with E-state index in [9.17, 15) is 33.6 Å². The number of likely N-dealkylation sites (N-methyl/N-ethyl adjacent to an activating group) is 1. The second kappa shape index (κ2) is 27.2. The van der Waals surface area contributed by atoms with Gasteiger partial charge in [0.25, 0.3) is 11.8 Å². The first-order chi connectivity index (χ1) is 26.7. The number of amides is 7. The van der Waals surface area contributed by atoms with Crippen molar-refractivity contribution in [3.8, 4) is 0 Å². The molecule has 0 spiro atoms. The SMILES string of the molecule is CC(C)(C)C.CCC.CCC(C)CC.CNC(=O)NC(C(=O)N1CCCC1C(=O)N(F)C(C)C(=O)C(=O)NCC(=O)NC(C(=O)N(C)C)c1ccccc1)C(C)(C)C. The van der Waals surface area contributed by atoms with Crippen LogP contribution in [0.5, 0.6) is 0 Å². The Balaban J connectivity index is 0. The van der Waals surface area contributed by atoms with Crippen molar-refractivity contribution in [2.75, 3.05) is 34.2 Å². The minimum absolute atomic E-state index is 0.114. The molecule has 58 heavy (non-hydrogen) atoms. The number of nitrogens with one attached hydrogen (secondary N) is 4. The van der Waals surface area contributed by atoms with E-state index in [1.54, 1.807) is 51.1 Å². The number of likely N-dealkylation sites (tertiary alicyclic amines) is 1. The van der Waals surface area contributed by atoms with E-state index < -0.39 is 82.6 Å². The standard InChI is InChI=1S/C29H42FN7O7.C6H14.C5H12.C3H8/c1-17(22(39)24(40)32-16-20(38)33-21(26(42)35(6)7)18-12-9-8-10-13-18)37(30)25(41)19-14-11-15-36(19)27(43)23(29(2,3)4)34-28(44)31-5;1-4-6(3)5-2;1-5(2,3)4;1-3-2/h8-10,12-13,17,19,21,23H,11,14-16H2,1-7H3,(H,32,40)(H,33,38)(H2,31,34,44);6H,4-5H2,1-3H3;1-4H3;3H2,1-2H3. The zero-order valence-corrected chi connectivity index (χ0v) is 38.3. The van der Waals surface area contributed by atoms with E-state index in [4.69, 9.17) is 0 Å².